The average molecular weight is 288 g/mol. The third-order valence-electron chi connectivity index (χ3n) is 3.44. The van der Waals surface area contributed by atoms with Crippen molar-refractivity contribution in [1.82, 2.24) is 0 Å². The van der Waals surface area contributed by atoms with E-state index in [-0.39, 0.29) is 12.6 Å². The van der Waals surface area contributed by atoms with Gasteiger partial charge in [-0.05, 0) is 26.2 Å². The normalized spacial score (nSPS) is 10.6. The van der Waals surface area contributed by atoms with Gasteiger partial charge < -0.3 is 14.3 Å². The van der Waals surface area contributed by atoms with Gasteiger partial charge in [0.1, 0.15) is 17.1 Å². The van der Waals surface area contributed by atoms with Crippen LogP contribution >= 0.6 is 0 Å². The molecule has 0 bridgehead atoms. The van der Waals surface area contributed by atoms with Gasteiger partial charge in [0.25, 0.3) is 0 Å². The largest absolute Gasteiger partial charge is 0.465 e. The number of rotatable bonds is 6. The van der Waals surface area contributed by atoms with Gasteiger partial charge in [0.05, 0.1) is 7.11 Å². The van der Waals surface area contributed by atoms with E-state index in [1.54, 1.807) is 6.92 Å². The highest BCUT2D eigenvalue weighted by Gasteiger charge is 2.24. The first-order valence-corrected chi connectivity index (χ1v) is 7.06. The van der Waals surface area contributed by atoms with Crippen LogP contribution in [0.2, 0.25) is 0 Å². The molecule has 0 aliphatic heterocycles. The number of furan rings is 1. The minimum absolute atomic E-state index is 0.144. The van der Waals surface area contributed by atoms with E-state index in [0.29, 0.717) is 29.9 Å². The molecule has 21 heavy (non-hydrogen) atoms. The van der Waals surface area contributed by atoms with E-state index in [0.717, 1.165) is 17.5 Å². The quantitative estimate of drug-likeness (QED) is 0.654. The van der Waals surface area contributed by atoms with Crippen molar-refractivity contribution in [1.29, 1.82) is 0 Å². The lowest BCUT2D eigenvalue weighted by molar-refractivity contribution is 0.0597. The number of unbranched alkanes of at least 4 members (excludes halogenated alkanes) is 1. The number of ether oxygens (including phenoxy) is 1. The molecule has 2 rings (SSSR count). The molecule has 1 aromatic heterocycles. The number of benzene rings is 1. The van der Waals surface area contributed by atoms with Gasteiger partial charge in [0.2, 0.25) is 0 Å². The van der Waals surface area contributed by atoms with Gasteiger partial charge in [0, 0.05) is 17.7 Å². The molecular formula is C17H20O4. The summed E-state index contributed by atoms with van der Waals surface area (Å²) in [5, 5.41) is 8.95. The van der Waals surface area contributed by atoms with Gasteiger partial charge in [-0.3, -0.25) is 0 Å². The average Bonchev–Trinajstić information content (AvgIpc) is 2.84. The molecule has 0 saturated heterocycles. The maximum absolute atomic E-state index is 12.0. The summed E-state index contributed by atoms with van der Waals surface area (Å²) in [4.78, 5) is 12.0. The van der Waals surface area contributed by atoms with Gasteiger partial charge in [-0.1, -0.05) is 30.3 Å². The maximum atomic E-state index is 12.0. The molecule has 0 aliphatic carbocycles. The predicted octanol–water partition coefficient (Wildman–Crippen LogP) is 3.36. The topological polar surface area (TPSA) is 59.7 Å². The molecule has 0 spiro atoms. The number of carbonyl (C=O) groups excluding carboxylic acids is 1. The molecule has 2 aromatic rings. The summed E-state index contributed by atoms with van der Waals surface area (Å²) in [7, 11) is 1.37. The van der Waals surface area contributed by atoms with Crippen molar-refractivity contribution in [2.24, 2.45) is 0 Å². The Bertz CT molecular complexity index is 599. The molecule has 1 aromatic carbocycles. The number of esters is 1. The Hall–Kier alpha value is -2.07. The molecule has 4 heteroatoms. The first kappa shape index (κ1) is 15.3. The molecular weight excluding hydrogens is 268 g/mol. The highest BCUT2D eigenvalue weighted by Crippen LogP contribution is 2.33. The highest BCUT2D eigenvalue weighted by atomic mass is 16.5. The van der Waals surface area contributed by atoms with Crippen LogP contribution in [0.3, 0.4) is 0 Å². The molecule has 0 aliphatic rings. The number of hydrogen-bond acceptors (Lipinski definition) is 4. The van der Waals surface area contributed by atoms with Crippen molar-refractivity contribution in [3.05, 3.63) is 47.2 Å². The summed E-state index contributed by atoms with van der Waals surface area (Å²) in [6.45, 7) is 1.92. The second-order valence-electron chi connectivity index (χ2n) is 4.88. The SMILES string of the molecule is COC(=O)c1c(C)oc(-c2ccccc2)c1CCCCO. The number of aryl methyl sites for hydroxylation is 1. The summed E-state index contributed by atoms with van der Waals surface area (Å²) < 4.78 is 10.7. The molecule has 112 valence electrons. The monoisotopic (exact) mass is 288 g/mol. The van der Waals surface area contributed by atoms with Crippen molar-refractivity contribution < 1.29 is 19.1 Å². The smallest absolute Gasteiger partial charge is 0.341 e. The Kier molecular flexibility index (Phi) is 5.17. The molecule has 0 amide bonds. The number of methoxy groups -OCH3 is 1. The lowest BCUT2D eigenvalue weighted by Gasteiger charge is -2.05. The van der Waals surface area contributed by atoms with Gasteiger partial charge in [-0.15, -0.1) is 0 Å². The maximum Gasteiger partial charge on any atom is 0.341 e. The van der Waals surface area contributed by atoms with E-state index in [2.05, 4.69) is 0 Å². The molecule has 0 radical (unpaired) electrons. The third kappa shape index (κ3) is 3.34. The van der Waals surface area contributed by atoms with Crippen LogP contribution in [-0.4, -0.2) is 24.8 Å². The minimum atomic E-state index is -0.377. The molecule has 0 atom stereocenters. The van der Waals surface area contributed by atoms with E-state index >= 15 is 0 Å². The molecule has 0 unspecified atom stereocenters. The van der Waals surface area contributed by atoms with Gasteiger partial charge >= 0.3 is 5.97 Å². The van der Waals surface area contributed by atoms with Crippen LogP contribution in [0.25, 0.3) is 11.3 Å². The fraction of sp³-hybridized carbons (Fsp3) is 0.353. The summed E-state index contributed by atoms with van der Waals surface area (Å²) >= 11 is 0. The van der Waals surface area contributed by atoms with Crippen molar-refractivity contribution in [2.45, 2.75) is 26.2 Å². The van der Waals surface area contributed by atoms with Gasteiger partial charge in [0.15, 0.2) is 0 Å². The molecule has 0 saturated carbocycles. The van der Waals surface area contributed by atoms with E-state index in [4.69, 9.17) is 14.3 Å². The van der Waals surface area contributed by atoms with E-state index in [1.807, 2.05) is 30.3 Å². The fourth-order valence-electron chi connectivity index (χ4n) is 2.44. The zero-order valence-electron chi connectivity index (χ0n) is 12.4. The summed E-state index contributed by atoms with van der Waals surface area (Å²) in [6.07, 6.45) is 2.16. The van der Waals surface area contributed by atoms with Crippen LogP contribution in [0.4, 0.5) is 0 Å². The van der Waals surface area contributed by atoms with Crippen molar-refractivity contribution >= 4 is 5.97 Å². The van der Waals surface area contributed by atoms with Crippen molar-refractivity contribution in [3.63, 3.8) is 0 Å². The minimum Gasteiger partial charge on any atom is -0.465 e. The van der Waals surface area contributed by atoms with Crippen LogP contribution in [0.5, 0.6) is 0 Å². The summed E-state index contributed by atoms with van der Waals surface area (Å²) in [5.41, 5.74) is 2.31. The molecule has 1 heterocycles. The number of hydrogen-bond donors (Lipinski definition) is 1. The number of aliphatic hydroxyl groups is 1. The molecule has 4 nitrogen and oxygen atoms in total. The Morgan fingerprint density at radius 1 is 1.24 bits per heavy atom. The van der Waals surface area contributed by atoms with Crippen LogP contribution in [0.15, 0.2) is 34.7 Å². The first-order chi connectivity index (χ1) is 10.2. The third-order valence-corrected chi connectivity index (χ3v) is 3.44. The highest BCUT2D eigenvalue weighted by molar-refractivity contribution is 5.94. The van der Waals surface area contributed by atoms with Crippen molar-refractivity contribution in [3.8, 4) is 11.3 Å². The molecule has 1 N–H and O–H groups in total. The number of aliphatic hydroxyl groups excluding tert-OH is 1. The summed E-state index contributed by atoms with van der Waals surface area (Å²) in [5.74, 6) is 0.906. The lowest BCUT2D eigenvalue weighted by atomic mass is 9.99. The Morgan fingerprint density at radius 2 is 1.95 bits per heavy atom. The Morgan fingerprint density at radius 3 is 2.57 bits per heavy atom. The van der Waals surface area contributed by atoms with Crippen molar-refractivity contribution in [2.75, 3.05) is 13.7 Å². The predicted molar refractivity (Wildman–Crippen MR) is 80.2 cm³/mol. The summed E-state index contributed by atoms with van der Waals surface area (Å²) in [6, 6.07) is 9.71. The first-order valence-electron chi connectivity index (χ1n) is 7.06. The van der Waals surface area contributed by atoms with E-state index in [9.17, 15) is 4.79 Å². The van der Waals surface area contributed by atoms with Gasteiger partial charge in [-0.25, -0.2) is 4.79 Å². The Balaban J connectivity index is 2.46. The number of carbonyl (C=O) groups is 1. The Labute approximate surface area is 124 Å². The van der Waals surface area contributed by atoms with E-state index in [1.165, 1.54) is 7.11 Å². The van der Waals surface area contributed by atoms with Crippen LogP contribution in [-0.2, 0) is 11.2 Å². The van der Waals surface area contributed by atoms with Crippen LogP contribution in [0, 0.1) is 6.92 Å². The fourth-order valence-corrected chi connectivity index (χ4v) is 2.44. The van der Waals surface area contributed by atoms with E-state index < -0.39 is 0 Å². The second-order valence-corrected chi connectivity index (χ2v) is 4.88. The zero-order chi connectivity index (χ0) is 15.2. The second kappa shape index (κ2) is 7.09. The van der Waals surface area contributed by atoms with Gasteiger partial charge in [-0.2, -0.15) is 0 Å². The molecule has 0 fully saturated rings. The van der Waals surface area contributed by atoms with Crippen LogP contribution < -0.4 is 0 Å². The zero-order valence-corrected chi connectivity index (χ0v) is 12.4. The standard InChI is InChI=1S/C17H20O4/c1-12-15(17(19)20-2)14(10-6-7-11-18)16(21-12)13-8-4-3-5-9-13/h3-5,8-9,18H,6-7,10-11H2,1-2H3. The van der Waals surface area contributed by atoms with Crippen LogP contribution in [0.1, 0.15) is 34.5 Å². The lowest BCUT2D eigenvalue weighted by Crippen LogP contribution is -2.06.